The average Bonchev–Trinajstić information content (AvgIpc) is 3.10. The largest absolute Gasteiger partial charge is 0.393 e. The van der Waals surface area contributed by atoms with Gasteiger partial charge < -0.3 is 15.0 Å². The number of nitrogens with zero attached hydrogens (tertiary/aromatic N) is 3. The number of fused-ring (bicyclic) bond motifs is 1. The van der Waals surface area contributed by atoms with E-state index in [1.165, 1.54) is 0 Å². The third kappa shape index (κ3) is 3.27. The molecule has 2 unspecified atom stereocenters. The van der Waals surface area contributed by atoms with Gasteiger partial charge >= 0.3 is 0 Å². The SMILES string of the molecule is CN(CC1CCCC1O)C(=O)CCc1nc2ncccc2[nH]1. The summed E-state index contributed by atoms with van der Waals surface area (Å²) in [6.07, 6.45) is 5.37. The molecule has 0 spiro atoms. The zero-order valence-corrected chi connectivity index (χ0v) is 12.8. The molecular formula is C16H22N4O2. The maximum atomic E-state index is 12.2. The Hall–Kier alpha value is -1.95. The van der Waals surface area contributed by atoms with Gasteiger partial charge in [-0.25, -0.2) is 9.97 Å². The Morgan fingerprint density at radius 2 is 2.36 bits per heavy atom. The van der Waals surface area contributed by atoms with Crippen molar-refractivity contribution in [2.45, 2.75) is 38.2 Å². The molecule has 2 N–H and O–H groups in total. The van der Waals surface area contributed by atoms with Gasteiger partial charge in [0.15, 0.2) is 5.65 Å². The molecule has 1 saturated carbocycles. The third-order valence-corrected chi connectivity index (χ3v) is 4.44. The zero-order valence-electron chi connectivity index (χ0n) is 12.8. The van der Waals surface area contributed by atoms with E-state index in [1.807, 2.05) is 19.2 Å². The van der Waals surface area contributed by atoms with Gasteiger partial charge in [0.1, 0.15) is 5.82 Å². The molecule has 6 nitrogen and oxygen atoms in total. The second-order valence-electron chi connectivity index (χ2n) is 6.09. The molecule has 3 rings (SSSR count). The summed E-state index contributed by atoms with van der Waals surface area (Å²) in [6, 6.07) is 3.78. The van der Waals surface area contributed by atoms with E-state index >= 15 is 0 Å². The summed E-state index contributed by atoms with van der Waals surface area (Å²) < 4.78 is 0. The van der Waals surface area contributed by atoms with E-state index in [-0.39, 0.29) is 17.9 Å². The molecule has 2 heterocycles. The monoisotopic (exact) mass is 302 g/mol. The van der Waals surface area contributed by atoms with Crippen LogP contribution in [0.3, 0.4) is 0 Å². The first-order valence-corrected chi connectivity index (χ1v) is 7.85. The molecule has 0 bridgehead atoms. The van der Waals surface area contributed by atoms with Crippen LogP contribution in [0.15, 0.2) is 18.3 Å². The number of aliphatic hydroxyl groups is 1. The Labute approximate surface area is 129 Å². The maximum Gasteiger partial charge on any atom is 0.222 e. The molecule has 0 saturated heterocycles. The van der Waals surface area contributed by atoms with E-state index in [4.69, 9.17) is 0 Å². The van der Waals surface area contributed by atoms with Crippen molar-refractivity contribution in [3.8, 4) is 0 Å². The minimum Gasteiger partial charge on any atom is -0.393 e. The normalized spacial score (nSPS) is 21.4. The van der Waals surface area contributed by atoms with Gasteiger partial charge in [0.05, 0.1) is 11.6 Å². The number of aromatic nitrogens is 3. The van der Waals surface area contributed by atoms with Crippen LogP contribution in [0.1, 0.15) is 31.5 Å². The quantitative estimate of drug-likeness (QED) is 0.877. The van der Waals surface area contributed by atoms with Gasteiger partial charge in [-0.2, -0.15) is 0 Å². The van der Waals surface area contributed by atoms with E-state index in [0.717, 1.165) is 30.6 Å². The highest BCUT2D eigenvalue weighted by atomic mass is 16.3. The van der Waals surface area contributed by atoms with Gasteiger partial charge in [0.2, 0.25) is 5.91 Å². The van der Waals surface area contributed by atoms with Crippen LogP contribution in [0.5, 0.6) is 0 Å². The first-order chi connectivity index (χ1) is 10.6. The van der Waals surface area contributed by atoms with E-state index in [2.05, 4.69) is 15.0 Å². The fourth-order valence-corrected chi connectivity index (χ4v) is 3.11. The summed E-state index contributed by atoms with van der Waals surface area (Å²) in [6.45, 7) is 0.641. The lowest BCUT2D eigenvalue weighted by atomic mass is 10.1. The Bertz CT molecular complexity index is 621. The van der Waals surface area contributed by atoms with Crippen molar-refractivity contribution >= 4 is 17.1 Å². The Morgan fingerprint density at radius 1 is 1.50 bits per heavy atom. The number of hydrogen-bond acceptors (Lipinski definition) is 4. The van der Waals surface area contributed by atoms with Crippen LogP contribution in [0, 0.1) is 5.92 Å². The first-order valence-electron chi connectivity index (χ1n) is 7.85. The average molecular weight is 302 g/mol. The van der Waals surface area contributed by atoms with Crippen molar-refractivity contribution < 1.29 is 9.90 Å². The molecule has 1 fully saturated rings. The molecule has 0 radical (unpaired) electrons. The maximum absolute atomic E-state index is 12.2. The first kappa shape index (κ1) is 15.0. The second-order valence-corrected chi connectivity index (χ2v) is 6.09. The number of aliphatic hydroxyl groups excluding tert-OH is 1. The lowest BCUT2D eigenvalue weighted by Crippen LogP contribution is -2.34. The van der Waals surface area contributed by atoms with Crippen molar-refractivity contribution in [3.05, 3.63) is 24.2 Å². The van der Waals surface area contributed by atoms with E-state index in [9.17, 15) is 9.90 Å². The Morgan fingerprint density at radius 3 is 3.09 bits per heavy atom. The molecule has 2 atom stereocenters. The van der Waals surface area contributed by atoms with Crippen molar-refractivity contribution in [2.24, 2.45) is 5.92 Å². The molecule has 6 heteroatoms. The van der Waals surface area contributed by atoms with E-state index < -0.39 is 0 Å². The fourth-order valence-electron chi connectivity index (χ4n) is 3.11. The fraction of sp³-hybridized carbons (Fsp3) is 0.562. The minimum atomic E-state index is -0.253. The van der Waals surface area contributed by atoms with Gasteiger partial charge in [-0.1, -0.05) is 6.42 Å². The molecule has 2 aromatic heterocycles. The van der Waals surface area contributed by atoms with Crippen LogP contribution in [-0.2, 0) is 11.2 Å². The number of imidazole rings is 1. The molecule has 0 aliphatic heterocycles. The summed E-state index contributed by atoms with van der Waals surface area (Å²) in [5.74, 6) is 1.10. The highest BCUT2D eigenvalue weighted by Crippen LogP contribution is 2.26. The molecule has 1 aliphatic rings. The standard InChI is InChI=1S/C16H22N4O2/c1-20(10-11-4-2-6-13(11)21)15(22)8-7-14-18-12-5-3-9-17-16(12)19-14/h3,5,9,11,13,21H,2,4,6-8,10H2,1H3,(H,17,18,19). The van der Waals surface area contributed by atoms with Crippen molar-refractivity contribution in [1.82, 2.24) is 19.9 Å². The Balaban J connectivity index is 1.52. The number of nitrogens with one attached hydrogen (secondary N) is 1. The minimum absolute atomic E-state index is 0.0903. The highest BCUT2D eigenvalue weighted by molar-refractivity contribution is 5.76. The van der Waals surface area contributed by atoms with Crippen LogP contribution < -0.4 is 0 Å². The molecule has 0 aromatic carbocycles. The van der Waals surface area contributed by atoms with Crippen LogP contribution in [0.2, 0.25) is 0 Å². The summed E-state index contributed by atoms with van der Waals surface area (Å²) in [5, 5.41) is 9.85. The molecule has 1 amide bonds. The van der Waals surface area contributed by atoms with Crippen LogP contribution in [0.4, 0.5) is 0 Å². The lowest BCUT2D eigenvalue weighted by molar-refractivity contribution is -0.130. The van der Waals surface area contributed by atoms with E-state index in [0.29, 0.717) is 25.0 Å². The summed E-state index contributed by atoms with van der Waals surface area (Å²) in [7, 11) is 1.81. The number of H-pyrrole nitrogens is 1. The van der Waals surface area contributed by atoms with Crippen LogP contribution >= 0.6 is 0 Å². The van der Waals surface area contributed by atoms with Gasteiger partial charge in [0.25, 0.3) is 0 Å². The zero-order chi connectivity index (χ0) is 15.5. The summed E-state index contributed by atoms with van der Waals surface area (Å²) >= 11 is 0. The number of amides is 1. The smallest absolute Gasteiger partial charge is 0.222 e. The third-order valence-electron chi connectivity index (χ3n) is 4.44. The summed E-state index contributed by atoms with van der Waals surface area (Å²) in [4.78, 5) is 25.7. The van der Waals surface area contributed by atoms with Crippen molar-refractivity contribution in [2.75, 3.05) is 13.6 Å². The predicted octanol–water partition coefficient (Wildman–Crippen LogP) is 1.51. The number of aryl methyl sites for hydroxylation is 1. The highest BCUT2D eigenvalue weighted by Gasteiger charge is 2.27. The number of hydrogen-bond donors (Lipinski definition) is 2. The number of aromatic amines is 1. The van der Waals surface area contributed by atoms with Crippen molar-refractivity contribution in [3.63, 3.8) is 0 Å². The van der Waals surface area contributed by atoms with Crippen LogP contribution in [0.25, 0.3) is 11.2 Å². The second kappa shape index (κ2) is 6.44. The number of pyridine rings is 1. The molecular weight excluding hydrogens is 280 g/mol. The molecule has 2 aromatic rings. The number of carbonyl (C=O) groups is 1. The van der Waals surface area contributed by atoms with Crippen molar-refractivity contribution in [1.29, 1.82) is 0 Å². The Kier molecular flexibility index (Phi) is 4.38. The van der Waals surface area contributed by atoms with Gasteiger partial charge in [0, 0.05) is 38.5 Å². The van der Waals surface area contributed by atoms with E-state index in [1.54, 1.807) is 11.1 Å². The summed E-state index contributed by atoms with van der Waals surface area (Å²) in [5.41, 5.74) is 1.58. The molecule has 22 heavy (non-hydrogen) atoms. The van der Waals surface area contributed by atoms with Gasteiger partial charge in [-0.05, 0) is 25.0 Å². The predicted molar refractivity (Wildman–Crippen MR) is 83.2 cm³/mol. The number of carbonyl (C=O) groups excluding carboxylic acids is 1. The van der Waals surface area contributed by atoms with Crippen LogP contribution in [-0.4, -0.2) is 50.6 Å². The van der Waals surface area contributed by atoms with Gasteiger partial charge in [-0.15, -0.1) is 0 Å². The molecule has 118 valence electrons. The topological polar surface area (TPSA) is 82.1 Å². The molecule has 1 aliphatic carbocycles. The van der Waals surface area contributed by atoms with Gasteiger partial charge in [-0.3, -0.25) is 4.79 Å². The number of rotatable bonds is 5. The lowest BCUT2D eigenvalue weighted by Gasteiger charge is -2.23.